The molecule has 0 aromatic heterocycles. The number of hydrogen-bond acceptors (Lipinski definition) is 6. The van der Waals surface area contributed by atoms with Crippen LogP contribution in [0, 0.1) is 0 Å². The van der Waals surface area contributed by atoms with E-state index >= 15 is 0 Å². The third kappa shape index (κ3) is 13.6. The minimum atomic E-state index is -4.17. The van der Waals surface area contributed by atoms with Crippen LogP contribution in [-0.4, -0.2) is 50.4 Å². The van der Waals surface area contributed by atoms with Crippen molar-refractivity contribution in [3.05, 3.63) is 0 Å². The van der Waals surface area contributed by atoms with Crippen LogP contribution in [0.4, 0.5) is 0 Å². The molecule has 0 bridgehead atoms. The molecule has 0 amide bonds. The highest BCUT2D eigenvalue weighted by molar-refractivity contribution is 7.85. The number of ether oxygens (including phenoxy) is 3. The lowest BCUT2D eigenvalue weighted by molar-refractivity contribution is -0.302. The quantitative estimate of drug-likeness (QED) is 0.279. The molecule has 0 spiro atoms. The molecule has 2 atom stereocenters. The smallest absolute Gasteiger partial charge is 0.189 e. The first kappa shape index (κ1) is 24.8. The summed E-state index contributed by atoms with van der Waals surface area (Å²) in [5, 5.41) is 0. The van der Waals surface area contributed by atoms with Crippen LogP contribution < -0.4 is 0 Å². The normalized spacial score (nSPS) is 23.6. The molecule has 0 saturated carbocycles. The fraction of sp³-hybridized carbons (Fsp3) is 1.00. The Hall–Kier alpha value is -0.210. The molecular weight excluding hydrogens is 368 g/mol. The Morgan fingerprint density at radius 2 is 1.67 bits per heavy atom. The van der Waals surface area contributed by atoms with Gasteiger partial charge in [0.15, 0.2) is 5.79 Å². The average molecular weight is 408 g/mol. The van der Waals surface area contributed by atoms with E-state index in [1.807, 2.05) is 6.92 Å². The molecule has 6 nitrogen and oxygen atoms in total. The molecule has 0 N–H and O–H groups in total. The van der Waals surface area contributed by atoms with Gasteiger partial charge >= 0.3 is 0 Å². The maximum absolute atomic E-state index is 10.6. The Bertz CT molecular complexity index is 467. The van der Waals surface area contributed by atoms with Crippen molar-refractivity contribution in [2.75, 3.05) is 25.6 Å². The second-order valence-corrected chi connectivity index (χ2v) is 9.32. The second-order valence-electron chi connectivity index (χ2n) is 7.80. The summed E-state index contributed by atoms with van der Waals surface area (Å²) in [6.45, 7) is 5.22. The summed E-state index contributed by atoms with van der Waals surface area (Å²) in [5.74, 6) is -1.18. The highest BCUT2D eigenvalue weighted by atomic mass is 32.2. The predicted molar refractivity (Wildman–Crippen MR) is 106 cm³/mol. The zero-order valence-corrected chi connectivity index (χ0v) is 18.1. The van der Waals surface area contributed by atoms with E-state index in [9.17, 15) is 13.0 Å². The maximum atomic E-state index is 10.6. The molecule has 0 aliphatic carbocycles. The Kier molecular flexibility index (Phi) is 12.8. The Balaban J connectivity index is 2.07. The Labute approximate surface area is 166 Å². The average Bonchev–Trinajstić information content (AvgIpc) is 2.59. The largest absolute Gasteiger partial charge is 0.748 e. The maximum Gasteiger partial charge on any atom is 0.189 e. The lowest BCUT2D eigenvalue weighted by Crippen LogP contribution is -2.45. The van der Waals surface area contributed by atoms with Crippen LogP contribution in [0.25, 0.3) is 0 Å². The van der Waals surface area contributed by atoms with Gasteiger partial charge in [0, 0.05) is 12.4 Å². The van der Waals surface area contributed by atoms with Gasteiger partial charge in [-0.2, -0.15) is 0 Å². The highest BCUT2D eigenvalue weighted by Crippen LogP contribution is 2.26. The van der Waals surface area contributed by atoms with Crippen molar-refractivity contribution >= 4 is 10.1 Å². The third-order valence-electron chi connectivity index (χ3n) is 4.94. The van der Waals surface area contributed by atoms with Crippen molar-refractivity contribution in [3.8, 4) is 0 Å². The van der Waals surface area contributed by atoms with Crippen molar-refractivity contribution in [1.29, 1.82) is 0 Å². The SMILES string of the molecule is CCCCCCCCCCCC1CCOC(C)(COCCCS(=O)(=O)[O-])O1. The van der Waals surface area contributed by atoms with Crippen molar-refractivity contribution in [2.24, 2.45) is 0 Å². The summed E-state index contributed by atoms with van der Waals surface area (Å²) >= 11 is 0. The van der Waals surface area contributed by atoms with Crippen molar-refractivity contribution < 1.29 is 27.2 Å². The van der Waals surface area contributed by atoms with Gasteiger partial charge in [0.25, 0.3) is 0 Å². The standard InChI is InChI=1S/C20H40O6S/c1-3-4-5-6-7-8-9-10-11-13-19-14-16-25-20(2,26-19)18-24-15-12-17-27(21,22)23/h19H,3-18H2,1-2H3,(H,21,22,23)/p-1. The van der Waals surface area contributed by atoms with E-state index < -0.39 is 21.7 Å². The molecule has 2 unspecified atom stereocenters. The molecule has 1 heterocycles. The van der Waals surface area contributed by atoms with Gasteiger partial charge in [-0.1, -0.05) is 64.7 Å². The molecular formula is C20H39O6S-. The molecule has 1 rings (SSSR count). The summed E-state index contributed by atoms with van der Waals surface area (Å²) in [6, 6.07) is 0. The van der Waals surface area contributed by atoms with E-state index in [0.29, 0.717) is 6.61 Å². The van der Waals surface area contributed by atoms with Crippen molar-refractivity contribution in [3.63, 3.8) is 0 Å². The summed E-state index contributed by atoms with van der Waals surface area (Å²) < 4.78 is 48.9. The van der Waals surface area contributed by atoms with Crippen LogP contribution >= 0.6 is 0 Å². The first-order valence-electron chi connectivity index (χ1n) is 10.7. The van der Waals surface area contributed by atoms with Crippen LogP contribution in [0.3, 0.4) is 0 Å². The zero-order chi connectivity index (χ0) is 20.0. The van der Waals surface area contributed by atoms with Crippen molar-refractivity contribution in [2.45, 2.75) is 103 Å². The second kappa shape index (κ2) is 13.9. The molecule has 1 aliphatic heterocycles. The van der Waals surface area contributed by atoms with Gasteiger partial charge in [-0.15, -0.1) is 0 Å². The molecule has 1 saturated heterocycles. The van der Waals surface area contributed by atoms with Gasteiger partial charge in [-0.05, 0) is 26.2 Å². The fourth-order valence-electron chi connectivity index (χ4n) is 3.41. The van der Waals surface area contributed by atoms with Gasteiger partial charge in [0.1, 0.15) is 6.61 Å². The van der Waals surface area contributed by atoms with Crippen molar-refractivity contribution in [1.82, 2.24) is 0 Å². The van der Waals surface area contributed by atoms with Crippen LogP contribution in [-0.2, 0) is 24.3 Å². The molecule has 27 heavy (non-hydrogen) atoms. The van der Waals surface area contributed by atoms with Crippen LogP contribution in [0.5, 0.6) is 0 Å². The van der Waals surface area contributed by atoms with E-state index in [1.165, 1.54) is 57.8 Å². The summed E-state index contributed by atoms with van der Waals surface area (Å²) in [6.07, 6.45) is 14.2. The summed E-state index contributed by atoms with van der Waals surface area (Å²) in [5.41, 5.74) is 0. The summed E-state index contributed by atoms with van der Waals surface area (Å²) in [7, 11) is -4.17. The molecule has 0 aromatic carbocycles. The number of hydrogen-bond donors (Lipinski definition) is 0. The lowest BCUT2D eigenvalue weighted by atomic mass is 10.0. The van der Waals surface area contributed by atoms with Gasteiger partial charge in [0.2, 0.25) is 0 Å². The van der Waals surface area contributed by atoms with Gasteiger partial charge in [-0.3, -0.25) is 0 Å². The molecule has 1 aliphatic rings. The van der Waals surface area contributed by atoms with E-state index in [-0.39, 0.29) is 25.7 Å². The third-order valence-corrected chi connectivity index (χ3v) is 5.73. The number of rotatable bonds is 16. The van der Waals surface area contributed by atoms with E-state index in [2.05, 4.69) is 6.92 Å². The fourth-order valence-corrected chi connectivity index (χ4v) is 3.88. The zero-order valence-electron chi connectivity index (χ0n) is 17.2. The monoisotopic (exact) mass is 407 g/mol. The molecule has 0 radical (unpaired) electrons. The van der Waals surface area contributed by atoms with E-state index in [0.717, 1.165) is 12.8 Å². The molecule has 7 heteroatoms. The van der Waals surface area contributed by atoms with Gasteiger partial charge in [0.05, 0.1) is 22.8 Å². The summed E-state index contributed by atoms with van der Waals surface area (Å²) in [4.78, 5) is 0. The first-order chi connectivity index (χ1) is 12.8. The Morgan fingerprint density at radius 3 is 2.30 bits per heavy atom. The predicted octanol–water partition coefficient (Wildman–Crippen LogP) is 4.38. The topological polar surface area (TPSA) is 84.9 Å². The Morgan fingerprint density at radius 1 is 1.04 bits per heavy atom. The van der Waals surface area contributed by atoms with Gasteiger partial charge < -0.3 is 18.8 Å². The van der Waals surface area contributed by atoms with E-state index in [4.69, 9.17) is 14.2 Å². The van der Waals surface area contributed by atoms with Gasteiger partial charge in [-0.25, -0.2) is 8.42 Å². The first-order valence-corrected chi connectivity index (χ1v) is 12.3. The van der Waals surface area contributed by atoms with Crippen LogP contribution in [0.1, 0.15) is 90.9 Å². The molecule has 0 aromatic rings. The number of unbranched alkanes of at least 4 members (excludes halogenated alkanes) is 8. The van der Waals surface area contributed by atoms with Crippen LogP contribution in [0.15, 0.2) is 0 Å². The minimum absolute atomic E-state index is 0.193. The van der Waals surface area contributed by atoms with Crippen LogP contribution in [0.2, 0.25) is 0 Å². The lowest BCUT2D eigenvalue weighted by Gasteiger charge is -2.38. The molecule has 162 valence electrons. The highest BCUT2D eigenvalue weighted by Gasteiger charge is 2.34. The molecule has 1 fully saturated rings. The minimum Gasteiger partial charge on any atom is -0.748 e. The van der Waals surface area contributed by atoms with E-state index in [1.54, 1.807) is 0 Å².